The van der Waals surface area contributed by atoms with E-state index >= 15 is 0 Å². The minimum atomic E-state index is -3.29. The number of anilines is 1. The number of aryl methyl sites for hydroxylation is 1. The summed E-state index contributed by atoms with van der Waals surface area (Å²) in [6.45, 7) is 2.56. The van der Waals surface area contributed by atoms with E-state index < -0.39 is 10.0 Å². The van der Waals surface area contributed by atoms with Crippen LogP contribution >= 0.6 is 11.8 Å². The molecule has 1 saturated heterocycles. The standard InChI is InChI=1S/C15H24N4O5S2/c1-11-7-13(18-24-11)17-14(20)9-25-10-15(21)19-6-4-3-5-12(19)8-16-26(2,22)23/h7,12,16H,3-6,8-10H2,1-2H3,(H,17,18,20)/t12-/m1/s1. The van der Waals surface area contributed by atoms with E-state index in [2.05, 4.69) is 15.2 Å². The topological polar surface area (TPSA) is 122 Å². The van der Waals surface area contributed by atoms with E-state index in [1.807, 2.05) is 0 Å². The van der Waals surface area contributed by atoms with Crippen molar-refractivity contribution in [1.29, 1.82) is 0 Å². The number of piperidine rings is 1. The van der Waals surface area contributed by atoms with E-state index in [-0.39, 0.29) is 35.9 Å². The van der Waals surface area contributed by atoms with E-state index in [9.17, 15) is 18.0 Å². The Morgan fingerprint density at radius 2 is 2.15 bits per heavy atom. The molecular weight excluding hydrogens is 380 g/mol. The maximum atomic E-state index is 12.4. The molecule has 2 amide bonds. The first kappa shape index (κ1) is 20.7. The summed E-state index contributed by atoms with van der Waals surface area (Å²) >= 11 is 1.21. The number of hydrogen-bond donors (Lipinski definition) is 2. The molecule has 1 fully saturated rings. The van der Waals surface area contributed by atoms with E-state index in [4.69, 9.17) is 4.52 Å². The highest BCUT2D eigenvalue weighted by atomic mass is 32.2. The molecule has 1 aromatic rings. The van der Waals surface area contributed by atoms with Gasteiger partial charge in [0.15, 0.2) is 5.82 Å². The molecule has 0 saturated carbocycles. The van der Waals surface area contributed by atoms with Crippen LogP contribution in [0.1, 0.15) is 25.0 Å². The summed E-state index contributed by atoms with van der Waals surface area (Å²) in [6, 6.07) is 1.47. The number of carbonyl (C=O) groups excluding carboxylic acids is 2. The summed E-state index contributed by atoms with van der Waals surface area (Å²) in [5.41, 5.74) is 0. The summed E-state index contributed by atoms with van der Waals surface area (Å²) in [4.78, 5) is 26.0. The van der Waals surface area contributed by atoms with Gasteiger partial charge in [-0.3, -0.25) is 9.59 Å². The van der Waals surface area contributed by atoms with Crippen molar-refractivity contribution >= 4 is 39.4 Å². The number of carbonyl (C=O) groups is 2. The van der Waals surface area contributed by atoms with Gasteiger partial charge in [0.2, 0.25) is 21.8 Å². The van der Waals surface area contributed by atoms with Crippen LogP contribution in [-0.2, 0) is 19.6 Å². The van der Waals surface area contributed by atoms with Crippen molar-refractivity contribution in [2.24, 2.45) is 0 Å². The van der Waals surface area contributed by atoms with Gasteiger partial charge in [0.1, 0.15) is 5.76 Å². The Morgan fingerprint density at radius 3 is 2.81 bits per heavy atom. The molecule has 2 N–H and O–H groups in total. The Hall–Kier alpha value is -1.59. The van der Waals surface area contributed by atoms with Crippen LogP contribution in [0.5, 0.6) is 0 Å². The van der Waals surface area contributed by atoms with Gasteiger partial charge in [0.05, 0.1) is 17.8 Å². The number of amides is 2. The van der Waals surface area contributed by atoms with Crippen LogP contribution < -0.4 is 10.0 Å². The highest BCUT2D eigenvalue weighted by molar-refractivity contribution is 8.00. The smallest absolute Gasteiger partial charge is 0.235 e. The van der Waals surface area contributed by atoms with Crippen LogP contribution in [0.3, 0.4) is 0 Å². The number of aromatic nitrogens is 1. The Labute approximate surface area is 157 Å². The second-order valence-electron chi connectivity index (χ2n) is 6.22. The number of nitrogens with zero attached hydrogens (tertiary/aromatic N) is 2. The molecule has 0 aliphatic carbocycles. The molecule has 2 heterocycles. The maximum absolute atomic E-state index is 12.4. The fraction of sp³-hybridized carbons (Fsp3) is 0.667. The number of sulfonamides is 1. The summed E-state index contributed by atoms with van der Waals surface area (Å²) in [7, 11) is -3.29. The van der Waals surface area contributed by atoms with E-state index in [1.165, 1.54) is 11.8 Å². The molecule has 9 nitrogen and oxygen atoms in total. The lowest BCUT2D eigenvalue weighted by Gasteiger charge is -2.35. The van der Waals surface area contributed by atoms with Crippen LogP contribution in [-0.4, -0.2) is 67.2 Å². The largest absolute Gasteiger partial charge is 0.360 e. The summed E-state index contributed by atoms with van der Waals surface area (Å²) < 4.78 is 29.9. The minimum absolute atomic E-state index is 0.0833. The number of likely N-dealkylation sites (tertiary alicyclic amines) is 1. The van der Waals surface area contributed by atoms with Crippen molar-refractivity contribution in [1.82, 2.24) is 14.8 Å². The van der Waals surface area contributed by atoms with Gasteiger partial charge < -0.3 is 14.7 Å². The molecule has 1 aliphatic heterocycles. The van der Waals surface area contributed by atoms with Gasteiger partial charge in [0.25, 0.3) is 0 Å². The Bertz CT molecular complexity index is 734. The lowest BCUT2D eigenvalue weighted by molar-refractivity contribution is -0.131. The predicted molar refractivity (Wildman–Crippen MR) is 99.4 cm³/mol. The van der Waals surface area contributed by atoms with Gasteiger partial charge in [0, 0.05) is 25.2 Å². The quantitative estimate of drug-likeness (QED) is 0.650. The van der Waals surface area contributed by atoms with Crippen LogP contribution in [0.25, 0.3) is 0 Å². The molecule has 26 heavy (non-hydrogen) atoms. The Morgan fingerprint density at radius 1 is 1.38 bits per heavy atom. The highest BCUT2D eigenvalue weighted by Crippen LogP contribution is 2.18. The average Bonchev–Trinajstić information content (AvgIpc) is 2.97. The van der Waals surface area contributed by atoms with E-state index in [0.29, 0.717) is 18.1 Å². The van der Waals surface area contributed by atoms with Crippen molar-refractivity contribution < 1.29 is 22.5 Å². The highest BCUT2D eigenvalue weighted by Gasteiger charge is 2.27. The van der Waals surface area contributed by atoms with Gasteiger partial charge in [-0.2, -0.15) is 0 Å². The molecule has 0 unspecified atom stereocenters. The van der Waals surface area contributed by atoms with Crippen LogP contribution in [0.2, 0.25) is 0 Å². The van der Waals surface area contributed by atoms with Crippen molar-refractivity contribution in [3.8, 4) is 0 Å². The van der Waals surface area contributed by atoms with Gasteiger partial charge in [-0.25, -0.2) is 13.1 Å². The van der Waals surface area contributed by atoms with Gasteiger partial charge in [-0.15, -0.1) is 11.8 Å². The lowest BCUT2D eigenvalue weighted by Crippen LogP contribution is -2.50. The first-order valence-electron chi connectivity index (χ1n) is 8.29. The SMILES string of the molecule is Cc1cc(NC(=O)CSCC(=O)N2CCCC[C@@H]2CNS(C)(=O)=O)no1. The van der Waals surface area contributed by atoms with Crippen molar-refractivity contribution in [3.05, 3.63) is 11.8 Å². The maximum Gasteiger partial charge on any atom is 0.235 e. The molecule has 0 bridgehead atoms. The van der Waals surface area contributed by atoms with E-state index in [0.717, 1.165) is 25.5 Å². The van der Waals surface area contributed by atoms with Gasteiger partial charge >= 0.3 is 0 Å². The zero-order valence-electron chi connectivity index (χ0n) is 14.9. The first-order chi connectivity index (χ1) is 12.2. The predicted octanol–water partition coefficient (Wildman–Crippen LogP) is 0.585. The summed E-state index contributed by atoms with van der Waals surface area (Å²) in [5, 5.41) is 6.27. The second-order valence-corrected chi connectivity index (χ2v) is 9.04. The molecule has 2 rings (SSSR count). The van der Waals surface area contributed by atoms with Crippen molar-refractivity contribution in [3.63, 3.8) is 0 Å². The monoisotopic (exact) mass is 404 g/mol. The molecule has 0 radical (unpaired) electrons. The van der Waals surface area contributed by atoms with Crippen LogP contribution in [0, 0.1) is 6.92 Å². The van der Waals surface area contributed by atoms with Crippen LogP contribution in [0.4, 0.5) is 5.82 Å². The third kappa shape index (κ3) is 6.96. The number of rotatable bonds is 8. The molecule has 11 heteroatoms. The summed E-state index contributed by atoms with van der Waals surface area (Å²) in [6.07, 6.45) is 3.74. The number of thioether (sulfide) groups is 1. The summed E-state index contributed by atoms with van der Waals surface area (Å²) in [5.74, 6) is 0.896. The Kier molecular flexibility index (Phi) is 7.47. The first-order valence-corrected chi connectivity index (χ1v) is 11.3. The molecule has 1 aromatic heterocycles. The third-order valence-electron chi connectivity index (χ3n) is 3.88. The molecule has 146 valence electrons. The lowest BCUT2D eigenvalue weighted by atomic mass is 10.0. The molecule has 1 atom stereocenters. The average molecular weight is 405 g/mol. The van der Waals surface area contributed by atoms with Crippen molar-refractivity contribution in [2.45, 2.75) is 32.2 Å². The normalized spacial score (nSPS) is 17.9. The minimum Gasteiger partial charge on any atom is -0.360 e. The Balaban J connectivity index is 1.76. The van der Waals surface area contributed by atoms with Crippen LogP contribution in [0.15, 0.2) is 10.6 Å². The third-order valence-corrected chi connectivity index (χ3v) is 5.49. The van der Waals surface area contributed by atoms with E-state index in [1.54, 1.807) is 17.9 Å². The van der Waals surface area contributed by atoms with Crippen molar-refractivity contribution in [2.75, 3.05) is 36.2 Å². The fourth-order valence-electron chi connectivity index (χ4n) is 2.71. The zero-order valence-corrected chi connectivity index (χ0v) is 16.5. The fourth-order valence-corrected chi connectivity index (χ4v) is 3.90. The van der Waals surface area contributed by atoms with Gasteiger partial charge in [-0.1, -0.05) is 5.16 Å². The molecule has 0 aromatic carbocycles. The second kappa shape index (κ2) is 9.38. The zero-order chi connectivity index (χ0) is 19.2. The number of hydrogen-bond acceptors (Lipinski definition) is 7. The van der Waals surface area contributed by atoms with Gasteiger partial charge in [-0.05, 0) is 26.2 Å². The number of nitrogens with one attached hydrogen (secondary N) is 2. The molecule has 0 spiro atoms. The molecule has 1 aliphatic rings. The molecular formula is C15H24N4O5S2.